The van der Waals surface area contributed by atoms with E-state index in [1.807, 2.05) is 12.1 Å². The zero-order valence-corrected chi connectivity index (χ0v) is 14.7. The van der Waals surface area contributed by atoms with Crippen molar-refractivity contribution < 1.29 is 14.3 Å². The first kappa shape index (κ1) is 15.6. The summed E-state index contributed by atoms with van der Waals surface area (Å²) in [6, 6.07) is 9.14. The van der Waals surface area contributed by atoms with Gasteiger partial charge < -0.3 is 14.8 Å². The van der Waals surface area contributed by atoms with Gasteiger partial charge in [-0.2, -0.15) is 0 Å². The fraction of sp³-hybridized carbons (Fsp3) is 0.650. The number of amides is 1. The fourth-order valence-corrected chi connectivity index (χ4v) is 5.45. The summed E-state index contributed by atoms with van der Waals surface area (Å²) in [5.41, 5.74) is 2.56. The van der Waals surface area contributed by atoms with Crippen molar-refractivity contribution >= 4 is 11.8 Å². The van der Waals surface area contributed by atoms with E-state index in [-0.39, 0.29) is 12.1 Å². The number of fused-ring (bicyclic) bond motifs is 2. The summed E-state index contributed by atoms with van der Waals surface area (Å²) in [6.07, 6.45) is 5.39. The van der Waals surface area contributed by atoms with Crippen LogP contribution < -0.4 is 10.2 Å². The van der Waals surface area contributed by atoms with E-state index in [9.17, 15) is 4.79 Å². The molecule has 1 spiro atoms. The lowest BCUT2D eigenvalue weighted by molar-refractivity contribution is -0.178. The van der Waals surface area contributed by atoms with E-state index in [0.717, 1.165) is 12.3 Å². The van der Waals surface area contributed by atoms with E-state index in [0.29, 0.717) is 36.6 Å². The minimum atomic E-state index is -0.240. The topological polar surface area (TPSA) is 50.8 Å². The second-order valence-electron chi connectivity index (χ2n) is 8.06. The van der Waals surface area contributed by atoms with Gasteiger partial charge in [0.2, 0.25) is 0 Å². The van der Waals surface area contributed by atoms with Crippen molar-refractivity contribution in [2.75, 3.05) is 24.7 Å². The maximum Gasteiger partial charge on any atom is 0.414 e. The zero-order chi connectivity index (χ0) is 17.0. The molecule has 2 saturated carbocycles. The average molecular weight is 342 g/mol. The Hall–Kier alpha value is -1.59. The summed E-state index contributed by atoms with van der Waals surface area (Å²) in [5, 5.41) is 3.91. The predicted molar refractivity (Wildman–Crippen MR) is 94.6 cm³/mol. The molecule has 2 saturated heterocycles. The van der Waals surface area contributed by atoms with Gasteiger partial charge in [0.15, 0.2) is 0 Å². The number of hydrogen-bond donors (Lipinski definition) is 1. The first-order valence-electron chi connectivity index (χ1n) is 9.61. The first-order valence-corrected chi connectivity index (χ1v) is 9.61. The van der Waals surface area contributed by atoms with Crippen molar-refractivity contribution in [3.05, 3.63) is 29.8 Å². The number of nitrogens with zero attached hydrogens (tertiary/aromatic N) is 1. The number of anilines is 1. The Balaban J connectivity index is 1.33. The highest BCUT2D eigenvalue weighted by Crippen LogP contribution is 2.63. The Morgan fingerprint density at radius 1 is 1.32 bits per heavy atom. The minimum Gasteiger partial charge on any atom is -0.447 e. The van der Waals surface area contributed by atoms with Gasteiger partial charge in [0.05, 0.1) is 12.6 Å². The molecule has 0 bridgehead atoms. The van der Waals surface area contributed by atoms with Crippen LogP contribution in [0.1, 0.15) is 44.2 Å². The molecular formula is C20H26N2O3. The molecule has 4 atom stereocenters. The van der Waals surface area contributed by atoms with Crippen LogP contribution in [0.4, 0.5) is 10.5 Å². The third-order valence-corrected chi connectivity index (χ3v) is 6.91. The smallest absolute Gasteiger partial charge is 0.414 e. The quantitative estimate of drug-likeness (QED) is 0.912. The molecule has 2 aliphatic heterocycles. The summed E-state index contributed by atoms with van der Waals surface area (Å²) in [4.78, 5) is 13.5. The van der Waals surface area contributed by atoms with Gasteiger partial charge in [-0.1, -0.05) is 18.6 Å². The van der Waals surface area contributed by atoms with E-state index in [1.54, 1.807) is 4.90 Å². The first-order chi connectivity index (χ1) is 12.2. The second kappa shape index (κ2) is 5.71. The molecule has 0 radical (unpaired) electrons. The van der Waals surface area contributed by atoms with Gasteiger partial charge in [0.25, 0.3) is 0 Å². The Labute approximate surface area is 148 Å². The largest absolute Gasteiger partial charge is 0.447 e. The second-order valence-corrected chi connectivity index (χ2v) is 8.06. The standard InChI is InChI=1S/C20H26N2O3/c1-13(14-4-2-5-15(12-14)22-9-11-25-19(22)23)21-17-16-6-10-24-18(16)20(17)7-3-8-20/h2,4-5,12-13,16-18,21H,3,6-11H2,1H3/t13-,16+,17+,18+/m0/s1. The highest BCUT2D eigenvalue weighted by Gasteiger charge is 2.66. The molecule has 4 fully saturated rings. The van der Waals surface area contributed by atoms with Gasteiger partial charge in [-0.05, 0) is 43.9 Å². The van der Waals surface area contributed by atoms with Crippen molar-refractivity contribution in [3.8, 4) is 0 Å². The Morgan fingerprint density at radius 3 is 2.92 bits per heavy atom. The Kier molecular flexibility index (Phi) is 3.57. The van der Waals surface area contributed by atoms with Crippen LogP contribution >= 0.6 is 0 Å². The molecule has 5 nitrogen and oxygen atoms in total. The molecular weight excluding hydrogens is 316 g/mol. The summed E-state index contributed by atoms with van der Waals surface area (Å²) >= 11 is 0. The highest BCUT2D eigenvalue weighted by molar-refractivity contribution is 5.89. The van der Waals surface area contributed by atoms with Crippen LogP contribution in [-0.2, 0) is 9.47 Å². The van der Waals surface area contributed by atoms with Crippen molar-refractivity contribution in [2.45, 2.75) is 50.8 Å². The van der Waals surface area contributed by atoms with Crippen LogP contribution in [0.3, 0.4) is 0 Å². The predicted octanol–water partition coefficient (Wildman–Crippen LogP) is 3.25. The number of carbonyl (C=O) groups excluding carboxylic acids is 1. The molecule has 25 heavy (non-hydrogen) atoms. The van der Waals surface area contributed by atoms with Gasteiger partial charge in [0, 0.05) is 35.7 Å². The van der Waals surface area contributed by atoms with Crippen molar-refractivity contribution in [1.82, 2.24) is 5.32 Å². The highest BCUT2D eigenvalue weighted by atomic mass is 16.6. The van der Waals surface area contributed by atoms with Crippen LogP contribution in [0.15, 0.2) is 24.3 Å². The van der Waals surface area contributed by atoms with Crippen molar-refractivity contribution in [1.29, 1.82) is 0 Å². The maximum absolute atomic E-state index is 11.8. The lowest BCUT2D eigenvalue weighted by Crippen LogP contribution is -2.71. The zero-order valence-electron chi connectivity index (χ0n) is 14.7. The third kappa shape index (κ3) is 2.25. The van der Waals surface area contributed by atoms with Gasteiger partial charge in [-0.15, -0.1) is 0 Å². The summed E-state index contributed by atoms with van der Waals surface area (Å²) < 4.78 is 11.1. The fourth-order valence-electron chi connectivity index (χ4n) is 5.45. The average Bonchev–Trinajstić information content (AvgIpc) is 3.18. The Morgan fingerprint density at radius 2 is 2.20 bits per heavy atom. The number of ether oxygens (including phenoxy) is 2. The molecule has 5 rings (SSSR count). The number of benzene rings is 1. The minimum absolute atomic E-state index is 0.240. The summed E-state index contributed by atoms with van der Waals surface area (Å²) in [7, 11) is 0. The molecule has 2 heterocycles. The molecule has 5 heteroatoms. The van der Waals surface area contributed by atoms with Crippen LogP contribution in [0.2, 0.25) is 0 Å². The van der Waals surface area contributed by atoms with Crippen LogP contribution in [0.25, 0.3) is 0 Å². The number of rotatable bonds is 4. The lowest BCUT2D eigenvalue weighted by Gasteiger charge is -2.64. The molecule has 1 amide bonds. The molecule has 4 aliphatic rings. The normalized spacial score (nSPS) is 33.6. The molecule has 1 aromatic carbocycles. The van der Waals surface area contributed by atoms with E-state index in [1.165, 1.54) is 31.2 Å². The van der Waals surface area contributed by atoms with Crippen molar-refractivity contribution in [2.24, 2.45) is 11.3 Å². The summed E-state index contributed by atoms with van der Waals surface area (Å²) in [5.74, 6) is 0.680. The molecule has 1 aromatic rings. The third-order valence-electron chi connectivity index (χ3n) is 6.91. The SMILES string of the molecule is C[C@H](N[C@@H]1[C@H]2CCO[C@H]2C12CCC2)c1cccc(N2CCOC2=O)c1. The molecule has 0 unspecified atom stereocenters. The number of cyclic esters (lactones) is 1. The molecule has 2 aliphatic carbocycles. The van der Waals surface area contributed by atoms with Gasteiger partial charge >= 0.3 is 6.09 Å². The molecule has 1 N–H and O–H groups in total. The summed E-state index contributed by atoms with van der Waals surface area (Å²) in [6.45, 7) is 4.27. The van der Waals surface area contributed by atoms with E-state index >= 15 is 0 Å². The Bertz CT molecular complexity index is 687. The number of nitrogens with one attached hydrogen (secondary N) is 1. The van der Waals surface area contributed by atoms with E-state index < -0.39 is 0 Å². The molecule has 134 valence electrons. The van der Waals surface area contributed by atoms with Crippen LogP contribution in [0.5, 0.6) is 0 Å². The van der Waals surface area contributed by atoms with Crippen LogP contribution in [0, 0.1) is 11.3 Å². The van der Waals surface area contributed by atoms with Crippen LogP contribution in [-0.4, -0.2) is 38.0 Å². The van der Waals surface area contributed by atoms with Crippen molar-refractivity contribution in [3.63, 3.8) is 0 Å². The number of hydrogen-bond acceptors (Lipinski definition) is 4. The van der Waals surface area contributed by atoms with E-state index in [4.69, 9.17) is 9.47 Å². The number of carbonyl (C=O) groups is 1. The van der Waals surface area contributed by atoms with Gasteiger partial charge in [0.1, 0.15) is 6.61 Å². The molecule has 0 aromatic heterocycles. The van der Waals surface area contributed by atoms with E-state index in [2.05, 4.69) is 24.4 Å². The monoisotopic (exact) mass is 342 g/mol. The lowest BCUT2D eigenvalue weighted by atomic mass is 9.46. The van der Waals surface area contributed by atoms with Gasteiger partial charge in [-0.25, -0.2) is 4.79 Å². The van der Waals surface area contributed by atoms with Gasteiger partial charge in [-0.3, -0.25) is 4.90 Å². The maximum atomic E-state index is 11.8.